The number of carbonyl (C=O) groups excluding carboxylic acids is 1. The van der Waals surface area contributed by atoms with Crippen LogP contribution in [0.5, 0.6) is 0 Å². The molecule has 0 aliphatic heterocycles. The van der Waals surface area contributed by atoms with Crippen LogP contribution in [0.2, 0.25) is 10.0 Å². The highest BCUT2D eigenvalue weighted by atomic mass is 35.5. The third-order valence-corrected chi connectivity index (χ3v) is 3.38. The molecule has 2 rings (SSSR count). The van der Waals surface area contributed by atoms with E-state index in [4.69, 9.17) is 28.9 Å². The fourth-order valence-electron chi connectivity index (χ4n) is 1.63. The van der Waals surface area contributed by atoms with Gasteiger partial charge in [-0.2, -0.15) is 0 Å². The Labute approximate surface area is 121 Å². The molecule has 5 heteroatoms. The topological polar surface area (TPSA) is 55.1 Å². The van der Waals surface area contributed by atoms with E-state index >= 15 is 0 Å². The second kappa shape index (κ2) is 5.95. The predicted molar refractivity (Wildman–Crippen MR) is 78.5 cm³/mol. The SMILES string of the molecule is Nc1ccccc1C(=O)NCc1ccc(Cl)c(Cl)c1. The Morgan fingerprint density at radius 2 is 1.84 bits per heavy atom. The van der Waals surface area contributed by atoms with E-state index < -0.39 is 0 Å². The molecule has 0 bridgehead atoms. The molecule has 1 amide bonds. The second-order valence-corrected chi connectivity index (χ2v) is 4.83. The van der Waals surface area contributed by atoms with Crippen LogP contribution < -0.4 is 11.1 Å². The quantitative estimate of drug-likeness (QED) is 0.851. The summed E-state index contributed by atoms with van der Waals surface area (Å²) in [5.74, 6) is -0.218. The maximum absolute atomic E-state index is 11.9. The van der Waals surface area contributed by atoms with Gasteiger partial charge in [-0.3, -0.25) is 4.79 Å². The van der Waals surface area contributed by atoms with Crippen molar-refractivity contribution in [1.82, 2.24) is 5.32 Å². The monoisotopic (exact) mass is 294 g/mol. The van der Waals surface area contributed by atoms with Crippen LogP contribution in [0.4, 0.5) is 5.69 Å². The molecule has 2 aromatic carbocycles. The molecule has 0 spiro atoms. The van der Waals surface area contributed by atoms with E-state index in [0.29, 0.717) is 27.8 Å². The highest BCUT2D eigenvalue weighted by Crippen LogP contribution is 2.22. The smallest absolute Gasteiger partial charge is 0.253 e. The van der Waals surface area contributed by atoms with Crippen molar-refractivity contribution >= 4 is 34.8 Å². The number of para-hydroxylation sites is 1. The zero-order valence-corrected chi connectivity index (χ0v) is 11.5. The number of nitrogen functional groups attached to an aromatic ring is 1. The van der Waals surface area contributed by atoms with E-state index in [9.17, 15) is 4.79 Å². The average Bonchev–Trinajstić information content (AvgIpc) is 2.40. The van der Waals surface area contributed by atoms with Gasteiger partial charge in [0.15, 0.2) is 0 Å². The van der Waals surface area contributed by atoms with Gasteiger partial charge in [0.25, 0.3) is 5.91 Å². The lowest BCUT2D eigenvalue weighted by Gasteiger charge is -2.08. The van der Waals surface area contributed by atoms with Gasteiger partial charge in [-0.05, 0) is 29.8 Å². The van der Waals surface area contributed by atoms with Crippen LogP contribution in [0.15, 0.2) is 42.5 Å². The molecule has 0 heterocycles. The minimum Gasteiger partial charge on any atom is -0.398 e. The molecule has 19 heavy (non-hydrogen) atoms. The molecule has 3 nitrogen and oxygen atoms in total. The molecule has 98 valence electrons. The molecular formula is C14H12Cl2N2O. The largest absolute Gasteiger partial charge is 0.398 e. The zero-order chi connectivity index (χ0) is 13.8. The third-order valence-electron chi connectivity index (χ3n) is 2.64. The molecule has 0 saturated carbocycles. The van der Waals surface area contributed by atoms with Crippen molar-refractivity contribution in [1.29, 1.82) is 0 Å². The van der Waals surface area contributed by atoms with Crippen LogP contribution in [0, 0.1) is 0 Å². The first-order valence-electron chi connectivity index (χ1n) is 5.64. The van der Waals surface area contributed by atoms with E-state index in [0.717, 1.165) is 5.56 Å². The van der Waals surface area contributed by atoms with E-state index in [2.05, 4.69) is 5.32 Å². The Morgan fingerprint density at radius 3 is 2.53 bits per heavy atom. The molecule has 2 aromatic rings. The number of amides is 1. The van der Waals surface area contributed by atoms with Crippen molar-refractivity contribution in [2.45, 2.75) is 6.54 Å². The molecule has 0 aromatic heterocycles. The summed E-state index contributed by atoms with van der Waals surface area (Å²) in [5.41, 5.74) is 7.52. The number of hydrogen-bond donors (Lipinski definition) is 2. The molecule has 0 unspecified atom stereocenters. The lowest BCUT2D eigenvalue weighted by Crippen LogP contribution is -2.23. The zero-order valence-electron chi connectivity index (χ0n) is 9.99. The van der Waals surface area contributed by atoms with E-state index in [1.807, 2.05) is 6.07 Å². The number of rotatable bonds is 3. The average molecular weight is 295 g/mol. The van der Waals surface area contributed by atoms with E-state index in [-0.39, 0.29) is 5.91 Å². The predicted octanol–water partition coefficient (Wildman–Crippen LogP) is 3.51. The molecule has 0 saturated heterocycles. The van der Waals surface area contributed by atoms with Crippen molar-refractivity contribution in [3.05, 3.63) is 63.6 Å². The van der Waals surface area contributed by atoms with E-state index in [1.54, 1.807) is 36.4 Å². The molecule has 0 aliphatic carbocycles. The van der Waals surface area contributed by atoms with Crippen molar-refractivity contribution in [2.75, 3.05) is 5.73 Å². The van der Waals surface area contributed by atoms with Crippen molar-refractivity contribution < 1.29 is 4.79 Å². The van der Waals surface area contributed by atoms with Gasteiger partial charge in [-0.25, -0.2) is 0 Å². The summed E-state index contributed by atoms with van der Waals surface area (Å²) in [6.07, 6.45) is 0. The molecule has 0 aliphatic rings. The highest BCUT2D eigenvalue weighted by molar-refractivity contribution is 6.42. The summed E-state index contributed by atoms with van der Waals surface area (Å²) in [6.45, 7) is 0.365. The van der Waals surface area contributed by atoms with Crippen LogP contribution in [0.3, 0.4) is 0 Å². The number of carbonyl (C=O) groups is 1. The van der Waals surface area contributed by atoms with Crippen LogP contribution in [-0.2, 0) is 6.54 Å². The summed E-state index contributed by atoms with van der Waals surface area (Å²) in [4.78, 5) is 11.9. The van der Waals surface area contributed by atoms with E-state index in [1.165, 1.54) is 0 Å². The van der Waals surface area contributed by atoms with Gasteiger partial charge in [0.1, 0.15) is 0 Å². The number of nitrogens with two attached hydrogens (primary N) is 1. The minimum absolute atomic E-state index is 0.218. The first-order valence-corrected chi connectivity index (χ1v) is 6.40. The van der Waals surface area contributed by atoms with Gasteiger partial charge >= 0.3 is 0 Å². The summed E-state index contributed by atoms with van der Waals surface area (Å²) < 4.78 is 0. The lowest BCUT2D eigenvalue weighted by atomic mass is 10.1. The Kier molecular flexibility index (Phi) is 4.30. The highest BCUT2D eigenvalue weighted by Gasteiger charge is 2.08. The summed E-state index contributed by atoms with van der Waals surface area (Å²) in [5, 5.41) is 3.74. The number of benzene rings is 2. The van der Waals surface area contributed by atoms with Crippen molar-refractivity contribution in [3.63, 3.8) is 0 Å². The Balaban J connectivity index is 2.04. The third kappa shape index (κ3) is 3.40. The summed E-state index contributed by atoms with van der Waals surface area (Å²) in [6, 6.07) is 12.1. The number of hydrogen-bond acceptors (Lipinski definition) is 2. The standard InChI is InChI=1S/C14H12Cl2N2O/c15-11-6-5-9(7-12(11)16)8-18-14(19)10-3-1-2-4-13(10)17/h1-7H,8,17H2,(H,18,19). The van der Waals surface area contributed by atoms with Crippen molar-refractivity contribution in [3.8, 4) is 0 Å². The van der Waals surface area contributed by atoms with Gasteiger partial charge in [0.2, 0.25) is 0 Å². The maximum atomic E-state index is 11.9. The second-order valence-electron chi connectivity index (χ2n) is 4.02. The van der Waals surface area contributed by atoms with Gasteiger partial charge in [-0.1, -0.05) is 41.4 Å². The lowest BCUT2D eigenvalue weighted by molar-refractivity contribution is 0.0952. The Hall–Kier alpha value is -1.71. The van der Waals surface area contributed by atoms with Crippen LogP contribution in [-0.4, -0.2) is 5.91 Å². The van der Waals surface area contributed by atoms with Gasteiger partial charge < -0.3 is 11.1 Å². The molecule has 0 radical (unpaired) electrons. The number of halogens is 2. The maximum Gasteiger partial charge on any atom is 0.253 e. The van der Waals surface area contributed by atoms with Crippen LogP contribution >= 0.6 is 23.2 Å². The van der Waals surface area contributed by atoms with Crippen molar-refractivity contribution in [2.24, 2.45) is 0 Å². The van der Waals surface area contributed by atoms with Crippen LogP contribution in [0.1, 0.15) is 15.9 Å². The first kappa shape index (κ1) is 13.7. The summed E-state index contributed by atoms with van der Waals surface area (Å²) >= 11 is 11.7. The Bertz CT molecular complexity index is 614. The normalized spacial score (nSPS) is 10.2. The summed E-state index contributed by atoms with van der Waals surface area (Å²) in [7, 11) is 0. The number of nitrogens with one attached hydrogen (secondary N) is 1. The number of anilines is 1. The molecular weight excluding hydrogens is 283 g/mol. The molecule has 0 fully saturated rings. The van der Waals surface area contributed by atoms with Gasteiger partial charge in [0, 0.05) is 12.2 Å². The van der Waals surface area contributed by atoms with Crippen LogP contribution in [0.25, 0.3) is 0 Å². The first-order chi connectivity index (χ1) is 9.08. The van der Waals surface area contributed by atoms with Gasteiger partial charge in [0.05, 0.1) is 15.6 Å². The fraction of sp³-hybridized carbons (Fsp3) is 0.0714. The Morgan fingerprint density at radius 1 is 1.11 bits per heavy atom. The minimum atomic E-state index is -0.218. The molecule has 3 N–H and O–H groups in total. The fourth-order valence-corrected chi connectivity index (χ4v) is 1.95. The molecule has 0 atom stereocenters. The van der Waals surface area contributed by atoms with Gasteiger partial charge in [-0.15, -0.1) is 0 Å².